The smallest absolute Gasteiger partial charge is 0.120 e. The SMILES string of the molecule is CC(C)P(=O)(c1cccc(-c2nccc3ccccc23)c1)C(C)C. The van der Waals surface area contributed by atoms with Gasteiger partial charge in [-0.05, 0) is 17.5 Å². The Morgan fingerprint density at radius 3 is 2.29 bits per heavy atom. The molecular weight excluding hydrogens is 313 g/mol. The standard InChI is InChI=1S/C21H24NOP/c1-15(2)24(23,16(3)4)19-10-7-9-18(14-19)21-20-11-6-5-8-17(20)12-13-22-21/h5-16H,1-4H3. The third-order valence-corrected chi connectivity index (χ3v) is 8.89. The van der Waals surface area contributed by atoms with Crippen LogP contribution in [0.3, 0.4) is 0 Å². The normalized spacial score (nSPS) is 12.2. The molecule has 1 heterocycles. The molecule has 3 heteroatoms. The molecule has 2 nitrogen and oxygen atoms in total. The fourth-order valence-corrected chi connectivity index (χ4v) is 6.46. The van der Waals surface area contributed by atoms with Gasteiger partial charge in [-0.2, -0.15) is 0 Å². The van der Waals surface area contributed by atoms with E-state index < -0.39 is 7.14 Å². The Morgan fingerprint density at radius 2 is 1.58 bits per heavy atom. The van der Waals surface area contributed by atoms with Crippen molar-refractivity contribution in [1.29, 1.82) is 0 Å². The van der Waals surface area contributed by atoms with E-state index in [2.05, 4.69) is 56.9 Å². The molecule has 0 saturated carbocycles. The van der Waals surface area contributed by atoms with E-state index >= 15 is 0 Å². The number of rotatable bonds is 4. The summed E-state index contributed by atoms with van der Waals surface area (Å²) in [6.45, 7) is 8.24. The first-order chi connectivity index (χ1) is 11.4. The fourth-order valence-electron chi connectivity index (χ4n) is 3.41. The van der Waals surface area contributed by atoms with Crippen molar-refractivity contribution in [2.24, 2.45) is 0 Å². The average Bonchev–Trinajstić information content (AvgIpc) is 2.60. The summed E-state index contributed by atoms with van der Waals surface area (Å²) in [5.41, 5.74) is 2.25. The third kappa shape index (κ3) is 2.80. The lowest BCUT2D eigenvalue weighted by molar-refractivity contribution is 0.569. The average molecular weight is 337 g/mol. The molecule has 3 rings (SSSR count). The molecule has 0 amide bonds. The van der Waals surface area contributed by atoms with Gasteiger partial charge in [0.15, 0.2) is 0 Å². The topological polar surface area (TPSA) is 30.0 Å². The highest BCUT2D eigenvalue weighted by Crippen LogP contribution is 2.54. The Morgan fingerprint density at radius 1 is 0.875 bits per heavy atom. The maximum absolute atomic E-state index is 13.6. The molecule has 0 atom stereocenters. The van der Waals surface area contributed by atoms with Crippen LogP contribution in [0.4, 0.5) is 0 Å². The van der Waals surface area contributed by atoms with Gasteiger partial charge in [0, 0.05) is 33.8 Å². The molecule has 2 aromatic carbocycles. The van der Waals surface area contributed by atoms with E-state index in [1.54, 1.807) is 0 Å². The predicted octanol–water partition coefficient (Wildman–Crippen LogP) is 5.71. The van der Waals surface area contributed by atoms with E-state index in [0.717, 1.165) is 21.9 Å². The van der Waals surface area contributed by atoms with Crippen LogP contribution in [0.5, 0.6) is 0 Å². The van der Waals surface area contributed by atoms with Crippen molar-refractivity contribution in [1.82, 2.24) is 4.98 Å². The molecule has 0 fully saturated rings. The molecule has 0 bridgehead atoms. The zero-order chi connectivity index (χ0) is 17.3. The summed E-state index contributed by atoms with van der Waals surface area (Å²) in [6, 6.07) is 18.4. The number of hydrogen-bond acceptors (Lipinski definition) is 2. The molecule has 0 aliphatic heterocycles. The summed E-state index contributed by atoms with van der Waals surface area (Å²) in [4.78, 5) is 4.60. The zero-order valence-electron chi connectivity index (χ0n) is 14.7. The predicted molar refractivity (Wildman–Crippen MR) is 105 cm³/mol. The van der Waals surface area contributed by atoms with Gasteiger partial charge in [-0.15, -0.1) is 0 Å². The van der Waals surface area contributed by atoms with Crippen LogP contribution >= 0.6 is 7.14 Å². The monoisotopic (exact) mass is 337 g/mol. The van der Waals surface area contributed by atoms with Crippen molar-refractivity contribution in [3.63, 3.8) is 0 Å². The number of fused-ring (bicyclic) bond motifs is 1. The summed E-state index contributed by atoms with van der Waals surface area (Å²) in [6.07, 6.45) is 1.84. The van der Waals surface area contributed by atoms with Crippen LogP contribution in [0, 0.1) is 0 Å². The van der Waals surface area contributed by atoms with Crippen molar-refractivity contribution < 1.29 is 4.57 Å². The molecule has 0 aliphatic rings. The molecule has 1 aromatic heterocycles. The molecule has 0 saturated heterocycles. The van der Waals surface area contributed by atoms with E-state index in [4.69, 9.17) is 0 Å². The van der Waals surface area contributed by atoms with Crippen LogP contribution < -0.4 is 5.30 Å². The second kappa shape index (κ2) is 6.53. The Labute approximate surface area is 144 Å². The first kappa shape index (κ1) is 16.9. The fraction of sp³-hybridized carbons (Fsp3) is 0.286. The first-order valence-corrected chi connectivity index (χ1v) is 10.3. The Balaban J connectivity index is 2.19. The second-order valence-corrected chi connectivity index (χ2v) is 10.8. The maximum atomic E-state index is 13.6. The number of pyridine rings is 1. The van der Waals surface area contributed by atoms with Crippen molar-refractivity contribution in [3.05, 3.63) is 60.8 Å². The van der Waals surface area contributed by atoms with E-state index in [0.29, 0.717) is 0 Å². The highest BCUT2D eigenvalue weighted by atomic mass is 31.2. The van der Waals surface area contributed by atoms with Gasteiger partial charge >= 0.3 is 0 Å². The van der Waals surface area contributed by atoms with Crippen LogP contribution in [0.15, 0.2) is 60.8 Å². The highest BCUT2D eigenvalue weighted by molar-refractivity contribution is 7.72. The minimum Gasteiger partial charge on any atom is -0.318 e. The minimum absolute atomic E-state index is 0.133. The molecule has 3 aromatic rings. The van der Waals surface area contributed by atoms with Crippen LogP contribution in [-0.2, 0) is 4.57 Å². The van der Waals surface area contributed by atoms with E-state index in [-0.39, 0.29) is 11.3 Å². The van der Waals surface area contributed by atoms with Gasteiger partial charge in [0.25, 0.3) is 0 Å². The quantitative estimate of drug-likeness (QED) is 0.571. The molecule has 0 aliphatic carbocycles. The van der Waals surface area contributed by atoms with Gasteiger partial charge in [0.1, 0.15) is 7.14 Å². The summed E-state index contributed by atoms with van der Waals surface area (Å²) in [5, 5.41) is 3.25. The van der Waals surface area contributed by atoms with Crippen molar-refractivity contribution in [2.45, 2.75) is 39.0 Å². The molecule has 124 valence electrons. The van der Waals surface area contributed by atoms with Gasteiger partial charge < -0.3 is 4.57 Å². The lowest BCUT2D eigenvalue weighted by atomic mass is 10.0. The lowest BCUT2D eigenvalue weighted by Crippen LogP contribution is -2.19. The number of benzene rings is 2. The van der Waals surface area contributed by atoms with Crippen LogP contribution in [0.1, 0.15) is 27.7 Å². The summed E-state index contributed by atoms with van der Waals surface area (Å²) < 4.78 is 13.6. The number of nitrogens with zero attached hydrogens (tertiary/aromatic N) is 1. The highest BCUT2D eigenvalue weighted by Gasteiger charge is 2.32. The van der Waals surface area contributed by atoms with Crippen molar-refractivity contribution in [2.75, 3.05) is 0 Å². The Bertz CT molecular complexity index is 897. The zero-order valence-corrected chi connectivity index (χ0v) is 15.6. The third-order valence-electron chi connectivity index (χ3n) is 4.73. The molecular formula is C21H24NOP. The van der Waals surface area contributed by atoms with Crippen LogP contribution in [0.25, 0.3) is 22.0 Å². The van der Waals surface area contributed by atoms with Gasteiger partial charge in [-0.3, -0.25) is 4.98 Å². The van der Waals surface area contributed by atoms with E-state index in [1.807, 2.05) is 36.5 Å². The van der Waals surface area contributed by atoms with Crippen molar-refractivity contribution >= 4 is 23.2 Å². The van der Waals surface area contributed by atoms with E-state index in [1.165, 1.54) is 5.39 Å². The van der Waals surface area contributed by atoms with E-state index in [9.17, 15) is 4.57 Å². The molecule has 24 heavy (non-hydrogen) atoms. The maximum Gasteiger partial charge on any atom is 0.120 e. The summed E-state index contributed by atoms with van der Waals surface area (Å²) in [5.74, 6) is 0. The Kier molecular flexibility index (Phi) is 4.60. The number of aromatic nitrogens is 1. The molecule has 0 unspecified atom stereocenters. The summed E-state index contributed by atoms with van der Waals surface area (Å²) in [7, 11) is -2.45. The molecule has 0 radical (unpaired) electrons. The number of hydrogen-bond donors (Lipinski definition) is 0. The van der Waals surface area contributed by atoms with Crippen LogP contribution in [0.2, 0.25) is 0 Å². The molecule has 0 spiro atoms. The largest absolute Gasteiger partial charge is 0.318 e. The van der Waals surface area contributed by atoms with Gasteiger partial charge in [-0.25, -0.2) is 0 Å². The van der Waals surface area contributed by atoms with Crippen LogP contribution in [-0.4, -0.2) is 16.3 Å². The minimum atomic E-state index is -2.45. The van der Waals surface area contributed by atoms with Gasteiger partial charge in [0.2, 0.25) is 0 Å². The van der Waals surface area contributed by atoms with Gasteiger partial charge in [0.05, 0.1) is 5.69 Å². The second-order valence-electron chi connectivity index (χ2n) is 6.83. The summed E-state index contributed by atoms with van der Waals surface area (Å²) >= 11 is 0. The van der Waals surface area contributed by atoms with Gasteiger partial charge in [-0.1, -0.05) is 70.2 Å². The van der Waals surface area contributed by atoms with Crippen molar-refractivity contribution in [3.8, 4) is 11.3 Å². The Hall–Kier alpha value is -1.92. The molecule has 0 N–H and O–H groups in total. The lowest BCUT2D eigenvalue weighted by Gasteiger charge is -2.27. The first-order valence-electron chi connectivity index (χ1n) is 8.48.